The van der Waals surface area contributed by atoms with Gasteiger partial charge in [0.15, 0.2) is 6.10 Å². The lowest BCUT2D eigenvalue weighted by Crippen LogP contribution is -2.32. The molecule has 0 aliphatic rings. The van der Waals surface area contributed by atoms with Crippen LogP contribution in [-0.4, -0.2) is 24.6 Å². The first-order chi connectivity index (χ1) is 12.0. The summed E-state index contributed by atoms with van der Waals surface area (Å²) in [5, 5.41) is 3.20. The van der Waals surface area contributed by atoms with E-state index in [0.29, 0.717) is 35.1 Å². The molecule has 0 bridgehead atoms. The van der Waals surface area contributed by atoms with E-state index >= 15 is 0 Å². The van der Waals surface area contributed by atoms with Crippen molar-refractivity contribution in [1.29, 1.82) is 0 Å². The van der Waals surface area contributed by atoms with Crippen LogP contribution in [0.25, 0.3) is 0 Å². The first-order valence-corrected chi connectivity index (χ1v) is 8.42. The number of halogens is 1. The number of anilines is 1. The van der Waals surface area contributed by atoms with Crippen molar-refractivity contribution in [2.24, 2.45) is 0 Å². The summed E-state index contributed by atoms with van der Waals surface area (Å²) in [6, 6.07) is 13.6. The van der Waals surface area contributed by atoms with E-state index in [4.69, 9.17) is 21.1 Å². The topological polar surface area (TPSA) is 64.6 Å². The van der Waals surface area contributed by atoms with Crippen molar-refractivity contribution < 1.29 is 19.1 Å². The fourth-order valence-corrected chi connectivity index (χ4v) is 2.36. The molecule has 25 heavy (non-hydrogen) atoms. The summed E-state index contributed by atoms with van der Waals surface area (Å²) >= 11 is 6.07. The summed E-state index contributed by atoms with van der Waals surface area (Å²) < 4.78 is 10.7. The average Bonchev–Trinajstić information content (AvgIpc) is 2.61. The summed E-state index contributed by atoms with van der Waals surface area (Å²) in [7, 11) is 0. The van der Waals surface area contributed by atoms with Gasteiger partial charge in [0, 0.05) is 5.69 Å². The Balaban J connectivity index is 2.08. The van der Waals surface area contributed by atoms with E-state index in [1.807, 2.05) is 6.92 Å². The fraction of sp³-hybridized carbons (Fsp3) is 0.263. The molecule has 1 atom stereocenters. The maximum absolute atomic E-state index is 12.5. The van der Waals surface area contributed by atoms with Crippen LogP contribution < -0.4 is 10.1 Å². The van der Waals surface area contributed by atoms with Gasteiger partial charge in [-0.3, -0.25) is 4.79 Å². The number of carbonyl (C=O) groups is 2. The van der Waals surface area contributed by atoms with E-state index < -0.39 is 12.1 Å². The highest BCUT2D eigenvalue weighted by atomic mass is 35.5. The van der Waals surface area contributed by atoms with Crippen LogP contribution in [0, 0.1) is 0 Å². The Kier molecular flexibility index (Phi) is 6.83. The van der Waals surface area contributed by atoms with Gasteiger partial charge in [0.05, 0.1) is 17.2 Å². The van der Waals surface area contributed by atoms with Crippen molar-refractivity contribution in [1.82, 2.24) is 0 Å². The second-order valence-corrected chi connectivity index (χ2v) is 5.64. The SMILES string of the molecule is CCOC(=O)c1cccc(NC(=O)C(CC)Oc2ccccc2Cl)c1. The molecule has 0 radical (unpaired) electrons. The van der Waals surface area contributed by atoms with Crippen LogP contribution in [0.1, 0.15) is 30.6 Å². The van der Waals surface area contributed by atoms with Gasteiger partial charge in [0.2, 0.25) is 0 Å². The Labute approximate surface area is 151 Å². The third kappa shape index (κ3) is 5.22. The van der Waals surface area contributed by atoms with Gasteiger partial charge in [-0.05, 0) is 43.7 Å². The quantitative estimate of drug-likeness (QED) is 0.746. The van der Waals surface area contributed by atoms with E-state index in [1.54, 1.807) is 55.5 Å². The third-order valence-electron chi connectivity index (χ3n) is 3.41. The van der Waals surface area contributed by atoms with E-state index in [-0.39, 0.29) is 5.91 Å². The van der Waals surface area contributed by atoms with Crippen molar-refractivity contribution in [3.05, 3.63) is 59.1 Å². The van der Waals surface area contributed by atoms with Crippen molar-refractivity contribution >= 4 is 29.2 Å². The summed E-state index contributed by atoms with van der Waals surface area (Å²) in [5.41, 5.74) is 0.872. The van der Waals surface area contributed by atoms with Gasteiger partial charge in [-0.2, -0.15) is 0 Å². The predicted octanol–water partition coefficient (Wildman–Crippen LogP) is 4.31. The third-order valence-corrected chi connectivity index (χ3v) is 3.72. The Bertz CT molecular complexity index is 748. The van der Waals surface area contributed by atoms with Crippen LogP contribution in [0.4, 0.5) is 5.69 Å². The molecule has 0 saturated carbocycles. The Morgan fingerprint density at radius 1 is 1.12 bits per heavy atom. The molecule has 6 heteroatoms. The zero-order valence-corrected chi connectivity index (χ0v) is 14.9. The van der Waals surface area contributed by atoms with Gasteiger partial charge in [-0.15, -0.1) is 0 Å². The van der Waals surface area contributed by atoms with Crippen LogP contribution in [0.5, 0.6) is 5.75 Å². The molecule has 0 heterocycles. The van der Waals surface area contributed by atoms with Gasteiger partial charge in [0.1, 0.15) is 5.75 Å². The Hall–Kier alpha value is -2.53. The minimum atomic E-state index is -0.703. The van der Waals surface area contributed by atoms with Crippen LogP contribution in [-0.2, 0) is 9.53 Å². The molecular weight excluding hydrogens is 342 g/mol. The smallest absolute Gasteiger partial charge is 0.338 e. The summed E-state index contributed by atoms with van der Waals surface area (Å²) in [4.78, 5) is 24.2. The summed E-state index contributed by atoms with van der Waals surface area (Å²) in [5.74, 6) is -0.298. The molecule has 0 spiro atoms. The molecule has 2 aromatic carbocycles. The number of nitrogens with one attached hydrogen (secondary N) is 1. The van der Waals surface area contributed by atoms with Gasteiger partial charge < -0.3 is 14.8 Å². The lowest BCUT2D eigenvalue weighted by Gasteiger charge is -2.18. The minimum absolute atomic E-state index is 0.291. The molecule has 1 unspecified atom stereocenters. The van der Waals surface area contributed by atoms with Crippen molar-refractivity contribution in [2.75, 3.05) is 11.9 Å². The lowest BCUT2D eigenvalue weighted by atomic mass is 10.2. The molecule has 2 rings (SSSR count). The maximum Gasteiger partial charge on any atom is 0.338 e. The highest BCUT2D eigenvalue weighted by Crippen LogP contribution is 2.25. The Morgan fingerprint density at radius 3 is 2.56 bits per heavy atom. The molecule has 0 saturated heterocycles. The molecule has 0 aliphatic heterocycles. The monoisotopic (exact) mass is 361 g/mol. The molecule has 1 amide bonds. The number of rotatable bonds is 7. The fourth-order valence-electron chi connectivity index (χ4n) is 2.18. The van der Waals surface area contributed by atoms with E-state index in [0.717, 1.165) is 0 Å². The van der Waals surface area contributed by atoms with Gasteiger partial charge >= 0.3 is 5.97 Å². The molecule has 2 aromatic rings. The van der Waals surface area contributed by atoms with Crippen molar-refractivity contribution in [3.63, 3.8) is 0 Å². The lowest BCUT2D eigenvalue weighted by molar-refractivity contribution is -0.122. The first kappa shape index (κ1) is 18.8. The van der Waals surface area contributed by atoms with Crippen LogP contribution in [0.15, 0.2) is 48.5 Å². The number of hydrogen-bond acceptors (Lipinski definition) is 4. The number of hydrogen-bond donors (Lipinski definition) is 1. The number of amides is 1. The molecule has 0 aliphatic carbocycles. The number of carbonyl (C=O) groups excluding carboxylic acids is 2. The van der Waals surface area contributed by atoms with E-state index in [1.165, 1.54) is 0 Å². The maximum atomic E-state index is 12.5. The average molecular weight is 362 g/mol. The standard InChI is InChI=1S/C19H20ClNO4/c1-3-16(25-17-11-6-5-10-15(17)20)18(22)21-14-9-7-8-13(12-14)19(23)24-4-2/h5-12,16H,3-4H2,1-2H3,(H,21,22). The Morgan fingerprint density at radius 2 is 1.88 bits per heavy atom. The van der Waals surface area contributed by atoms with Gasteiger partial charge in [-0.25, -0.2) is 4.79 Å². The van der Waals surface area contributed by atoms with Crippen molar-refractivity contribution in [3.8, 4) is 5.75 Å². The zero-order valence-electron chi connectivity index (χ0n) is 14.1. The number of ether oxygens (including phenoxy) is 2. The zero-order chi connectivity index (χ0) is 18.2. The van der Waals surface area contributed by atoms with Gasteiger partial charge in [0.25, 0.3) is 5.91 Å². The number of para-hydroxylation sites is 1. The molecule has 0 fully saturated rings. The highest BCUT2D eigenvalue weighted by Gasteiger charge is 2.20. The van der Waals surface area contributed by atoms with Crippen LogP contribution >= 0.6 is 11.6 Å². The summed E-state index contributed by atoms with van der Waals surface area (Å²) in [6.07, 6.45) is -0.236. The molecule has 5 nitrogen and oxygen atoms in total. The second-order valence-electron chi connectivity index (χ2n) is 5.24. The normalized spacial score (nSPS) is 11.5. The molecule has 132 valence electrons. The number of benzene rings is 2. The van der Waals surface area contributed by atoms with E-state index in [2.05, 4.69) is 5.32 Å². The largest absolute Gasteiger partial charge is 0.479 e. The summed E-state index contributed by atoms with van der Waals surface area (Å²) in [6.45, 7) is 3.87. The minimum Gasteiger partial charge on any atom is -0.479 e. The first-order valence-electron chi connectivity index (χ1n) is 8.04. The number of esters is 1. The molecular formula is C19H20ClNO4. The molecule has 0 aromatic heterocycles. The molecule has 1 N–H and O–H groups in total. The predicted molar refractivity (Wildman–Crippen MR) is 97.2 cm³/mol. The van der Waals surface area contributed by atoms with Gasteiger partial charge in [-0.1, -0.05) is 36.7 Å². The van der Waals surface area contributed by atoms with Crippen LogP contribution in [0.2, 0.25) is 5.02 Å². The van der Waals surface area contributed by atoms with E-state index in [9.17, 15) is 9.59 Å². The highest BCUT2D eigenvalue weighted by molar-refractivity contribution is 6.32. The van der Waals surface area contributed by atoms with Crippen molar-refractivity contribution in [2.45, 2.75) is 26.4 Å². The van der Waals surface area contributed by atoms with Crippen LogP contribution in [0.3, 0.4) is 0 Å². The second kappa shape index (κ2) is 9.08.